The zero-order chi connectivity index (χ0) is 9.23. The molecule has 0 nitrogen and oxygen atoms in total. The van der Waals surface area contributed by atoms with Crippen molar-refractivity contribution in [3.8, 4) is 0 Å². The molecule has 1 aliphatic rings. The van der Waals surface area contributed by atoms with Gasteiger partial charge in [0.05, 0.1) is 0 Å². The van der Waals surface area contributed by atoms with Crippen LogP contribution in [0.15, 0.2) is 18.2 Å². The second-order valence-electron chi connectivity index (χ2n) is 2.62. The van der Waals surface area contributed by atoms with Gasteiger partial charge in [-0.3, -0.25) is 6.08 Å². The van der Waals surface area contributed by atoms with Gasteiger partial charge in [0, 0.05) is 0 Å². The molecule has 0 radical (unpaired) electrons. The molecule has 0 saturated carbocycles. The van der Waals surface area contributed by atoms with Gasteiger partial charge in [0.2, 0.25) is 0 Å². The Morgan fingerprint density at radius 3 is 1.71 bits per heavy atom. The third kappa shape index (κ3) is 12.7. The molecule has 0 aromatic carbocycles. The van der Waals surface area contributed by atoms with Crippen molar-refractivity contribution in [3.63, 3.8) is 0 Å². The van der Waals surface area contributed by atoms with E-state index in [2.05, 4.69) is 32.9 Å². The predicted octanol–water partition coefficient (Wildman–Crippen LogP) is 0.835. The molecule has 0 unspecified atom stereocenters. The Morgan fingerprint density at radius 1 is 1.14 bits per heavy atom. The van der Waals surface area contributed by atoms with Crippen LogP contribution in [-0.2, 0) is 16.5 Å². The van der Waals surface area contributed by atoms with Gasteiger partial charge >= 0.3 is 16.5 Å². The van der Waals surface area contributed by atoms with Crippen molar-refractivity contribution in [3.05, 3.63) is 24.3 Å². The third-order valence-corrected chi connectivity index (χ3v) is 4.61. The van der Waals surface area contributed by atoms with Gasteiger partial charge in [-0.2, -0.15) is 6.08 Å². The zero-order valence-electron chi connectivity index (χ0n) is 9.20. The first kappa shape index (κ1) is 20.1. The van der Waals surface area contributed by atoms with Gasteiger partial charge in [-0.05, 0) is 18.5 Å². The molecule has 3 heteroatoms. The van der Waals surface area contributed by atoms with Crippen molar-refractivity contribution in [1.82, 2.24) is 0 Å². The van der Waals surface area contributed by atoms with Gasteiger partial charge in [-0.25, -0.2) is 12.2 Å². The van der Waals surface area contributed by atoms with E-state index >= 15 is 0 Å². The van der Waals surface area contributed by atoms with Gasteiger partial charge in [-0.1, -0.05) is 20.8 Å². The first-order valence-corrected chi connectivity index (χ1v) is 6.68. The van der Waals surface area contributed by atoms with E-state index in [1.807, 2.05) is 12.2 Å². The molecule has 1 aliphatic carbocycles. The van der Waals surface area contributed by atoms with Crippen molar-refractivity contribution in [2.75, 3.05) is 18.5 Å². The van der Waals surface area contributed by atoms with Crippen LogP contribution in [0.3, 0.4) is 0 Å². The molecule has 0 N–H and O–H groups in total. The molecule has 1 rings (SSSR count). The fraction of sp³-hybridized carbons (Fsp3) is 0.636. The average molecular weight is 277 g/mol. The van der Waals surface area contributed by atoms with E-state index in [1.165, 1.54) is 18.5 Å². The fourth-order valence-electron chi connectivity index (χ4n) is 1.01. The van der Waals surface area contributed by atoms with Crippen LogP contribution in [0.4, 0.5) is 0 Å². The standard InChI is InChI=1S/C6H15P.C5H5.ClH.Ni/c1-4-7(5-2)6-3;1-2-4-5-3-1;;/h4-6H2,1-3H3;1-3H,4H2;1H;/q;-1;;+2/p-1. The molecule has 0 heterocycles. The van der Waals surface area contributed by atoms with Crippen LogP contribution in [0.5, 0.6) is 0 Å². The van der Waals surface area contributed by atoms with E-state index in [4.69, 9.17) is 0 Å². The third-order valence-electron chi connectivity index (χ3n) is 1.93. The SMILES string of the molecule is CCP(CC)CC.[C-]1=CC=CC1.[Cl-].[Ni+2]. The second-order valence-corrected chi connectivity index (χ2v) is 5.86. The van der Waals surface area contributed by atoms with Crippen LogP contribution in [0, 0.1) is 6.08 Å². The second kappa shape index (κ2) is 16.1. The van der Waals surface area contributed by atoms with Gasteiger partial charge in [0.25, 0.3) is 0 Å². The first-order valence-electron chi connectivity index (χ1n) is 4.79. The summed E-state index contributed by atoms with van der Waals surface area (Å²) in [7, 11) is 0.446. The average Bonchev–Trinajstić information content (AvgIpc) is 2.64. The van der Waals surface area contributed by atoms with Crippen LogP contribution in [0.1, 0.15) is 27.2 Å². The Labute approximate surface area is 107 Å². The monoisotopic (exact) mass is 276 g/mol. The van der Waals surface area contributed by atoms with Crippen molar-refractivity contribution in [2.24, 2.45) is 0 Å². The maximum absolute atomic E-state index is 2.99. The summed E-state index contributed by atoms with van der Waals surface area (Å²) in [6.07, 6.45) is 14.3. The molecule has 0 atom stereocenters. The van der Waals surface area contributed by atoms with Gasteiger partial charge < -0.3 is 12.4 Å². The molecule has 0 fully saturated rings. The van der Waals surface area contributed by atoms with E-state index in [9.17, 15) is 0 Å². The summed E-state index contributed by atoms with van der Waals surface area (Å²) in [5.41, 5.74) is 0. The number of rotatable bonds is 3. The van der Waals surface area contributed by atoms with Crippen LogP contribution < -0.4 is 12.4 Å². The molecule has 0 bridgehead atoms. The summed E-state index contributed by atoms with van der Waals surface area (Å²) in [6.45, 7) is 6.87. The molecule has 0 aliphatic heterocycles. The van der Waals surface area contributed by atoms with Crippen LogP contribution in [0.2, 0.25) is 0 Å². The molecule has 0 saturated heterocycles. The van der Waals surface area contributed by atoms with Gasteiger partial charge in [0.15, 0.2) is 0 Å². The molecular formula is C11H20ClNiP. The van der Waals surface area contributed by atoms with Gasteiger partial charge in [-0.15, -0.1) is 14.3 Å². The van der Waals surface area contributed by atoms with Crippen molar-refractivity contribution >= 4 is 7.92 Å². The van der Waals surface area contributed by atoms with E-state index in [0.29, 0.717) is 7.92 Å². The number of hydrogen-bond donors (Lipinski definition) is 0. The minimum absolute atomic E-state index is 0. The van der Waals surface area contributed by atoms with E-state index in [0.717, 1.165) is 6.42 Å². The topological polar surface area (TPSA) is 0 Å². The van der Waals surface area contributed by atoms with Gasteiger partial charge in [0.1, 0.15) is 0 Å². The number of halogens is 1. The first-order chi connectivity index (χ1) is 5.85. The maximum Gasteiger partial charge on any atom is 2.00 e. The largest absolute Gasteiger partial charge is 2.00 e. The molecular weight excluding hydrogens is 257 g/mol. The minimum Gasteiger partial charge on any atom is -1.00 e. The summed E-state index contributed by atoms with van der Waals surface area (Å²) >= 11 is 0. The molecule has 86 valence electrons. The van der Waals surface area contributed by atoms with E-state index < -0.39 is 0 Å². The van der Waals surface area contributed by atoms with Crippen molar-refractivity contribution in [2.45, 2.75) is 27.2 Å². The molecule has 14 heavy (non-hydrogen) atoms. The normalized spacial score (nSPS) is 11.4. The summed E-state index contributed by atoms with van der Waals surface area (Å²) in [6, 6.07) is 0. The molecule has 0 amide bonds. The molecule has 0 spiro atoms. The summed E-state index contributed by atoms with van der Waals surface area (Å²) in [5, 5.41) is 0. The predicted molar refractivity (Wildman–Crippen MR) is 60.1 cm³/mol. The Hall–Kier alpha value is 0.694. The molecule has 0 aromatic heterocycles. The maximum atomic E-state index is 2.99. The van der Waals surface area contributed by atoms with Crippen LogP contribution >= 0.6 is 7.92 Å². The summed E-state index contributed by atoms with van der Waals surface area (Å²) in [4.78, 5) is 0. The summed E-state index contributed by atoms with van der Waals surface area (Å²) < 4.78 is 0. The molecule has 0 aromatic rings. The Bertz CT molecular complexity index is 127. The van der Waals surface area contributed by atoms with Crippen LogP contribution in [-0.4, -0.2) is 18.5 Å². The Balaban J connectivity index is -0.000000155. The van der Waals surface area contributed by atoms with E-state index in [-0.39, 0.29) is 28.9 Å². The quantitative estimate of drug-likeness (QED) is 0.407. The van der Waals surface area contributed by atoms with E-state index in [1.54, 1.807) is 0 Å². The number of allylic oxidation sites excluding steroid dienone is 4. The number of hydrogen-bond acceptors (Lipinski definition) is 0. The van der Waals surface area contributed by atoms with Crippen LogP contribution in [0.25, 0.3) is 0 Å². The Kier molecular flexibility index (Phi) is 23.2. The minimum atomic E-state index is 0. The van der Waals surface area contributed by atoms with Crippen molar-refractivity contribution in [1.29, 1.82) is 0 Å². The summed E-state index contributed by atoms with van der Waals surface area (Å²) in [5.74, 6) is 0. The fourth-order valence-corrected chi connectivity index (χ4v) is 2.35. The zero-order valence-corrected chi connectivity index (χ0v) is 11.8. The Morgan fingerprint density at radius 2 is 1.64 bits per heavy atom. The van der Waals surface area contributed by atoms with Crippen molar-refractivity contribution < 1.29 is 28.9 Å². The smallest absolute Gasteiger partial charge is 1.00 e.